The number of hydrogen-bond donors (Lipinski definition) is 0. The van der Waals surface area contributed by atoms with Crippen molar-refractivity contribution >= 4 is 74.1 Å². The fourth-order valence-electron chi connectivity index (χ4n) is 12.7. The molecule has 0 atom stereocenters. The largest absolute Gasteiger partial charge is 1.00 e. The molecule has 2 aliphatic rings. The van der Waals surface area contributed by atoms with Crippen LogP contribution in [0.2, 0.25) is 0 Å². The molecule has 96 heavy (non-hydrogen) atoms. The third kappa shape index (κ3) is 19.5. The van der Waals surface area contributed by atoms with Crippen LogP contribution in [0.1, 0.15) is 58.4 Å². The van der Waals surface area contributed by atoms with E-state index >= 15 is 0 Å². The molecule has 0 nitrogen and oxygen atoms in total. The van der Waals surface area contributed by atoms with E-state index in [-0.39, 0.29) is 94.9 Å². The first-order valence-electron chi connectivity index (χ1n) is 31.4. The van der Waals surface area contributed by atoms with Crippen LogP contribution in [-0.2, 0) is 101 Å². The first-order chi connectivity index (χ1) is 45.2. The number of hydrogen-bond acceptors (Lipinski definition) is 0. The van der Waals surface area contributed by atoms with Crippen LogP contribution in [-0.4, -0.2) is 24.6 Å². The molecule has 484 valence electrons. The Balaban J connectivity index is 0.000000182. The average molecular weight is 2040 g/mol. The normalized spacial score (nSPS) is 11.2. The van der Waals surface area contributed by atoms with E-state index in [2.05, 4.69) is 304 Å². The standard InChI is InChI=1S/2C26H24P2.C19H12.C17H8.4Au/c2*1-5-13-23(14-6-1)27(24-15-7-2-8-16-24)21-22-28(25-17-9-3-10-18-25)26-19-11-4-12-20-26;1-5-13-7-9-17-15(11-13)16-12-14(6-2)8-10-18(16)19(17,3)4;1-3-12-5-7-14-11-15-8-6-13(4-2)10-17(15)16(14)9-12;;;;/h2*1-20H,21-22H2;7-12H,3-4H3;5-10H,11H2;;;;/q;;2*-2;4*+1/p+4. The van der Waals surface area contributed by atoms with Gasteiger partial charge in [0.25, 0.3) is 0 Å². The summed E-state index contributed by atoms with van der Waals surface area (Å²) in [6, 6.07) is 113. The van der Waals surface area contributed by atoms with Crippen molar-refractivity contribution in [3.8, 4) is 45.9 Å². The van der Waals surface area contributed by atoms with Gasteiger partial charge in [-0.1, -0.05) is 184 Å². The zero-order chi connectivity index (χ0) is 63.5. The summed E-state index contributed by atoms with van der Waals surface area (Å²) in [7, 11) is -3.13. The summed E-state index contributed by atoms with van der Waals surface area (Å²) in [5, 5.41) is 12.1. The van der Waals surface area contributed by atoms with E-state index < -0.39 is 31.7 Å². The second kappa shape index (κ2) is 38.6. The van der Waals surface area contributed by atoms with Crippen molar-refractivity contribution in [1.82, 2.24) is 0 Å². The van der Waals surface area contributed by atoms with Gasteiger partial charge in [0.05, 0.1) is 74.1 Å². The van der Waals surface area contributed by atoms with E-state index in [1.807, 2.05) is 48.5 Å². The summed E-state index contributed by atoms with van der Waals surface area (Å²) >= 11 is 0. The molecule has 12 aromatic carbocycles. The molecule has 0 bridgehead atoms. The molecule has 0 heterocycles. The van der Waals surface area contributed by atoms with E-state index in [1.165, 1.54) is 89.3 Å². The topological polar surface area (TPSA) is 0 Å². The Morgan fingerprint density at radius 1 is 0.260 bits per heavy atom. The fraction of sp³-hybridized carbons (Fsp3) is 0.0909. The molecule has 14 rings (SSSR count). The van der Waals surface area contributed by atoms with Gasteiger partial charge in [-0.3, -0.25) is 23.7 Å². The third-order valence-electron chi connectivity index (χ3n) is 17.4. The van der Waals surface area contributed by atoms with E-state index in [0.717, 1.165) is 50.9 Å². The molecule has 0 spiro atoms. The summed E-state index contributed by atoms with van der Waals surface area (Å²) in [5.41, 5.74) is 12.8. The maximum Gasteiger partial charge on any atom is 1.00 e. The molecule has 2 aliphatic carbocycles. The average Bonchev–Trinajstić information content (AvgIpc) is 1.58. The maximum atomic E-state index is 7.28. The van der Waals surface area contributed by atoms with Crippen molar-refractivity contribution in [2.24, 2.45) is 0 Å². The predicted molar refractivity (Wildman–Crippen MR) is 405 cm³/mol. The molecular formula is C88H72Au4P4+4. The van der Waals surface area contributed by atoms with Crippen LogP contribution in [0.5, 0.6) is 0 Å². The van der Waals surface area contributed by atoms with Crippen molar-refractivity contribution in [2.75, 3.05) is 24.6 Å². The van der Waals surface area contributed by atoms with Gasteiger partial charge in [0.15, 0.2) is 0 Å². The Kier molecular flexibility index (Phi) is 31.0. The van der Waals surface area contributed by atoms with E-state index in [9.17, 15) is 0 Å². The quantitative estimate of drug-likeness (QED) is 0.0441. The Morgan fingerprint density at radius 2 is 0.448 bits per heavy atom. The molecule has 0 unspecified atom stereocenters. The molecule has 0 aliphatic heterocycles. The van der Waals surface area contributed by atoms with Crippen LogP contribution in [0.4, 0.5) is 0 Å². The summed E-state index contributed by atoms with van der Waals surface area (Å²) in [6.45, 7) is 4.42. The minimum Gasteiger partial charge on any atom is -0.366 e. The molecule has 0 saturated carbocycles. The molecule has 0 amide bonds. The molecule has 12 aromatic rings. The summed E-state index contributed by atoms with van der Waals surface area (Å²) in [6.07, 6.45) is 34.9. The number of benzene rings is 12. The van der Waals surface area contributed by atoms with Crippen LogP contribution in [0.15, 0.2) is 315 Å². The SMILES string of the molecule is [Au+].[Au+].[Au+].[Au+].[C-]#Cc1ccc2c(c1)-c1cc(C#[C-])ccc1C2.[C-]#Cc1ccc2c(c1)-c1cc(C#[C-])ccc1C2(C)C.c1ccc([PH+](CC[PH+](c2ccccc2)c2ccccc2)c2ccccc2)cc1.c1ccc([PH+](CC[PH+](c2ccccc2)c2ccccc2)c2ccccc2)cc1. The zero-order valence-corrected chi connectivity index (χ0v) is 65.9. The Labute approximate surface area is 638 Å². The smallest absolute Gasteiger partial charge is 0.366 e. The first kappa shape index (κ1) is 76.9. The van der Waals surface area contributed by atoms with Crippen LogP contribution < -0.4 is 42.4 Å². The molecule has 0 N–H and O–H groups in total. The second-order valence-electron chi connectivity index (χ2n) is 23.4. The van der Waals surface area contributed by atoms with Gasteiger partial charge < -0.3 is 25.7 Å². The fourth-order valence-corrected chi connectivity index (χ4v) is 25.1. The van der Waals surface area contributed by atoms with Gasteiger partial charge in [-0.05, 0) is 148 Å². The monoisotopic (exact) mass is 2040 g/mol. The summed E-state index contributed by atoms with van der Waals surface area (Å²) < 4.78 is 0. The van der Waals surface area contributed by atoms with Gasteiger partial charge in [0.2, 0.25) is 0 Å². The second-order valence-corrected chi connectivity index (χ2v) is 33.9. The molecule has 8 heteroatoms. The van der Waals surface area contributed by atoms with Gasteiger partial charge >= 0.3 is 89.5 Å². The molecule has 0 fully saturated rings. The van der Waals surface area contributed by atoms with Crippen molar-refractivity contribution < 1.29 is 89.5 Å². The minimum absolute atomic E-state index is 0. The Morgan fingerprint density at radius 3 is 0.646 bits per heavy atom. The molecule has 0 radical (unpaired) electrons. The van der Waals surface area contributed by atoms with Gasteiger partial charge in [-0.25, -0.2) is 0 Å². The predicted octanol–water partition coefficient (Wildman–Crippen LogP) is 16.4. The molecule has 0 aromatic heterocycles. The first-order valence-corrected chi connectivity index (χ1v) is 38.2. The van der Waals surface area contributed by atoms with Crippen molar-refractivity contribution in [1.29, 1.82) is 0 Å². The summed E-state index contributed by atoms with van der Waals surface area (Å²) in [4.78, 5) is 0. The van der Waals surface area contributed by atoms with Crippen LogP contribution in [0.3, 0.4) is 0 Å². The minimum atomic E-state index is -0.783. The van der Waals surface area contributed by atoms with Gasteiger partial charge in [-0.2, -0.15) is 0 Å². The summed E-state index contributed by atoms with van der Waals surface area (Å²) in [5.74, 6) is 9.71. The third-order valence-corrected chi connectivity index (χ3v) is 29.6. The zero-order valence-electron chi connectivity index (χ0n) is 53.3. The maximum absolute atomic E-state index is 7.28. The van der Waals surface area contributed by atoms with Crippen molar-refractivity contribution in [3.63, 3.8) is 0 Å². The van der Waals surface area contributed by atoms with E-state index in [1.54, 1.807) is 0 Å². The van der Waals surface area contributed by atoms with Crippen LogP contribution in [0.25, 0.3) is 22.3 Å². The van der Waals surface area contributed by atoms with E-state index in [0.29, 0.717) is 0 Å². The van der Waals surface area contributed by atoms with Gasteiger partial charge in [-0.15, -0.1) is 70.8 Å². The molecular weight excluding hydrogens is 1970 g/mol. The van der Waals surface area contributed by atoms with E-state index in [4.69, 9.17) is 25.7 Å². The van der Waals surface area contributed by atoms with Gasteiger partial charge in [0.1, 0.15) is 24.6 Å². The molecule has 0 saturated heterocycles. The van der Waals surface area contributed by atoms with Crippen LogP contribution in [0, 0.1) is 49.4 Å². The van der Waals surface area contributed by atoms with Crippen molar-refractivity contribution in [2.45, 2.75) is 25.7 Å². The Hall–Kier alpha value is -6.44. The number of rotatable bonds is 14. The van der Waals surface area contributed by atoms with Crippen LogP contribution >= 0.6 is 31.7 Å². The van der Waals surface area contributed by atoms with Crippen molar-refractivity contribution in [3.05, 3.63) is 386 Å². The Bertz CT molecular complexity index is 3950. The van der Waals surface area contributed by atoms with Gasteiger partial charge in [0, 0.05) is 5.41 Å². The number of fused-ring (bicyclic) bond motifs is 6.